The average Bonchev–Trinajstić information content (AvgIpc) is 2.67. The molecule has 0 radical (unpaired) electrons. The first-order valence-corrected chi connectivity index (χ1v) is 7.00. The van der Waals surface area contributed by atoms with Gasteiger partial charge in [-0.2, -0.15) is 11.8 Å². The van der Waals surface area contributed by atoms with Crippen molar-refractivity contribution in [2.45, 2.75) is 44.2 Å². The second-order valence-electron chi connectivity index (χ2n) is 4.56. The Morgan fingerprint density at radius 3 is 2.86 bits per heavy atom. The van der Waals surface area contributed by atoms with E-state index in [1.807, 2.05) is 0 Å². The van der Waals surface area contributed by atoms with E-state index in [0.29, 0.717) is 24.6 Å². The molecule has 2 nitrogen and oxygen atoms in total. The van der Waals surface area contributed by atoms with Gasteiger partial charge in [0.1, 0.15) is 0 Å². The normalized spacial score (nSPS) is 38.8. The van der Waals surface area contributed by atoms with Crippen LogP contribution in [0.1, 0.15) is 32.1 Å². The molecule has 0 aromatic rings. The molecule has 3 heteroatoms. The zero-order valence-electron chi connectivity index (χ0n) is 8.74. The van der Waals surface area contributed by atoms with E-state index in [1.54, 1.807) is 0 Å². The molecule has 1 saturated carbocycles. The Morgan fingerprint density at radius 2 is 2.14 bits per heavy atom. The lowest BCUT2D eigenvalue weighted by Gasteiger charge is -2.28. The van der Waals surface area contributed by atoms with Gasteiger partial charge in [0.05, 0.1) is 0 Å². The number of nitrogens with one attached hydrogen (secondary N) is 1. The van der Waals surface area contributed by atoms with Gasteiger partial charge >= 0.3 is 0 Å². The summed E-state index contributed by atoms with van der Waals surface area (Å²) in [6.07, 6.45) is 6.48. The van der Waals surface area contributed by atoms with Gasteiger partial charge in [-0.3, -0.25) is 0 Å². The predicted octanol–water partition coefficient (Wildman–Crippen LogP) is 1.63. The number of aliphatic hydroxyl groups excluding tert-OH is 1. The molecule has 3 unspecified atom stereocenters. The van der Waals surface area contributed by atoms with Crippen LogP contribution in [0.25, 0.3) is 0 Å². The van der Waals surface area contributed by atoms with E-state index in [4.69, 9.17) is 0 Å². The third-order valence-corrected chi connectivity index (χ3v) is 4.72. The lowest BCUT2D eigenvalue weighted by atomic mass is 10.0. The Morgan fingerprint density at radius 1 is 1.21 bits per heavy atom. The summed E-state index contributed by atoms with van der Waals surface area (Å²) in [4.78, 5) is 0. The third-order valence-electron chi connectivity index (χ3n) is 3.50. The molecule has 1 saturated heterocycles. The van der Waals surface area contributed by atoms with E-state index in [2.05, 4.69) is 17.1 Å². The van der Waals surface area contributed by atoms with Crippen molar-refractivity contribution in [2.24, 2.45) is 5.92 Å². The highest BCUT2D eigenvalue weighted by atomic mass is 32.2. The van der Waals surface area contributed by atoms with Gasteiger partial charge in [-0.1, -0.05) is 6.42 Å². The van der Waals surface area contributed by atoms with Crippen LogP contribution in [0, 0.1) is 5.92 Å². The lowest BCUT2D eigenvalue weighted by molar-refractivity contribution is 0.199. The van der Waals surface area contributed by atoms with Crippen LogP contribution in [0.3, 0.4) is 0 Å². The molecule has 0 bridgehead atoms. The maximum Gasteiger partial charge on any atom is 0.0474 e. The number of rotatable bonds is 3. The molecule has 2 rings (SSSR count). The SMILES string of the molecule is OCC1CCCC1NC1CCCSC1. The van der Waals surface area contributed by atoms with E-state index < -0.39 is 0 Å². The molecule has 1 aliphatic carbocycles. The molecule has 2 N–H and O–H groups in total. The Kier molecular flexibility index (Phi) is 4.14. The molecule has 14 heavy (non-hydrogen) atoms. The second-order valence-corrected chi connectivity index (χ2v) is 5.71. The molecule has 1 aliphatic heterocycles. The fraction of sp³-hybridized carbons (Fsp3) is 1.00. The molecule has 2 fully saturated rings. The van der Waals surface area contributed by atoms with Crippen molar-refractivity contribution in [1.82, 2.24) is 5.32 Å². The Labute approximate surface area is 90.8 Å². The number of hydrogen-bond donors (Lipinski definition) is 2. The van der Waals surface area contributed by atoms with Crippen LogP contribution >= 0.6 is 11.8 Å². The minimum Gasteiger partial charge on any atom is -0.396 e. The van der Waals surface area contributed by atoms with Crippen LogP contribution in [0.15, 0.2) is 0 Å². The van der Waals surface area contributed by atoms with E-state index in [0.717, 1.165) is 0 Å². The molecule has 0 amide bonds. The molecular weight excluding hydrogens is 194 g/mol. The highest BCUT2D eigenvalue weighted by Crippen LogP contribution is 2.27. The summed E-state index contributed by atoms with van der Waals surface area (Å²) < 4.78 is 0. The van der Waals surface area contributed by atoms with Gasteiger partial charge in [-0.15, -0.1) is 0 Å². The van der Waals surface area contributed by atoms with Crippen LogP contribution in [0.4, 0.5) is 0 Å². The monoisotopic (exact) mass is 215 g/mol. The number of hydrogen-bond acceptors (Lipinski definition) is 3. The first kappa shape index (κ1) is 10.8. The van der Waals surface area contributed by atoms with Crippen LogP contribution in [0.2, 0.25) is 0 Å². The minimum atomic E-state index is 0.373. The van der Waals surface area contributed by atoms with Crippen LogP contribution < -0.4 is 5.32 Å². The van der Waals surface area contributed by atoms with Gasteiger partial charge in [0.25, 0.3) is 0 Å². The Bertz CT molecular complexity index is 171. The summed E-state index contributed by atoms with van der Waals surface area (Å²) in [7, 11) is 0. The van der Waals surface area contributed by atoms with E-state index in [9.17, 15) is 5.11 Å². The highest BCUT2D eigenvalue weighted by Gasteiger charge is 2.28. The molecule has 0 aromatic heterocycles. The molecule has 2 aliphatic rings. The molecular formula is C11H21NOS. The second kappa shape index (κ2) is 5.38. The Hall–Kier alpha value is 0.270. The fourth-order valence-electron chi connectivity index (χ4n) is 2.65. The summed E-state index contributed by atoms with van der Waals surface area (Å²) in [5.41, 5.74) is 0. The van der Waals surface area contributed by atoms with Gasteiger partial charge in [-0.25, -0.2) is 0 Å². The summed E-state index contributed by atoms with van der Waals surface area (Å²) in [5.74, 6) is 3.14. The van der Waals surface area contributed by atoms with E-state index >= 15 is 0 Å². The van der Waals surface area contributed by atoms with E-state index in [1.165, 1.54) is 43.6 Å². The standard InChI is InChI=1S/C11H21NOS/c13-7-9-3-1-5-11(9)12-10-4-2-6-14-8-10/h9-13H,1-8H2. The summed E-state index contributed by atoms with van der Waals surface area (Å²) in [6.45, 7) is 0.373. The molecule has 0 spiro atoms. The summed E-state index contributed by atoms with van der Waals surface area (Å²) in [5, 5.41) is 13.0. The minimum absolute atomic E-state index is 0.373. The molecule has 3 atom stereocenters. The predicted molar refractivity (Wildman–Crippen MR) is 61.7 cm³/mol. The summed E-state index contributed by atoms with van der Waals surface area (Å²) in [6, 6.07) is 1.31. The third kappa shape index (κ3) is 2.65. The maximum absolute atomic E-state index is 9.22. The van der Waals surface area contributed by atoms with Crippen molar-refractivity contribution in [1.29, 1.82) is 0 Å². The van der Waals surface area contributed by atoms with Gasteiger partial charge in [0.2, 0.25) is 0 Å². The van der Waals surface area contributed by atoms with Crippen LogP contribution in [-0.2, 0) is 0 Å². The topological polar surface area (TPSA) is 32.3 Å². The average molecular weight is 215 g/mol. The highest BCUT2D eigenvalue weighted by molar-refractivity contribution is 7.99. The molecule has 1 heterocycles. The molecule has 82 valence electrons. The molecule has 0 aromatic carbocycles. The zero-order valence-corrected chi connectivity index (χ0v) is 9.56. The van der Waals surface area contributed by atoms with Gasteiger partial charge in [-0.05, 0) is 37.4 Å². The first-order valence-electron chi connectivity index (χ1n) is 5.85. The van der Waals surface area contributed by atoms with Crippen LogP contribution in [0.5, 0.6) is 0 Å². The van der Waals surface area contributed by atoms with Crippen molar-refractivity contribution >= 4 is 11.8 Å². The Balaban J connectivity index is 1.77. The maximum atomic E-state index is 9.22. The van der Waals surface area contributed by atoms with Crippen molar-refractivity contribution < 1.29 is 5.11 Å². The van der Waals surface area contributed by atoms with Crippen molar-refractivity contribution in [3.8, 4) is 0 Å². The van der Waals surface area contributed by atoms with Gasteiger partial charge in [0.15, 0.2) is 0 Å². The fourth-order valence-corrected chi connectivity index (χ4v) is 3.73. The number of aliphatic hydroxyl groups is 1. The van der Waals surface area contributed by atoms with Gasteiger partial charge in [0, 0.05) is 24.4 Å². The van der Waals surface area contributed by atoms with Crippen molar-refractivity contribution in [3.05, 3.63) is 0 Å². The first-order chi connectivity index (χ1) is 6.90. The van der Waals surface area contributed by atoms with Gasteiger partial charge < -0.3 is 10.4 Å². The van der Waals surface area contributed by atoms with E-state index in [-0.39, 0.29) is 0 Å². The zero-order chi connectivity index (χ0) is 9.80. The number of thioether (sulfide) groups is 1. The summed E-state index contributed by atoms with van der Waals surface area (Å²) >= 11 is 2.07. The van der Waals surface area contributed by atoms with Crippen LogP contribution in [-0.4, -0.2) is 35.3 Å². The lowest BCUT2D eigenvalue weighted by Crippen LogP contribution is -2.43. The van der Waals surface area contributed by atoms with Crippen molar-refractivity contribution in [2.75, 3.05) is 18.1 Å². The quantitative estimate of drug-likeness (QED) is 0.750. The largest absolute Gasteiger partial charge is 0.396 e. The van der Waals surface area contributed by atoms with Crippen molar-refractivity contribution in [3.63, 3.8) is 0 Å². The smallest absolute Gasteiger partial charge is 0.0474 e.